The summed E-state index contributed by atoms with van der Waals surface area (Å²) in [6, 6.07) is 0. The molecule has 1 aliphatic carbocycles. The molecule has 0 amide bonds. The molecule has 0 saturated carbocycles. The summed E-state index contributed by atoms with van der Waals surface area (Å²) in [5, 5.41) is 0.135. The van der Waals surface area contributed by atoms with Crippen LogP contribution in [0.4, 0.5) is 0 Å². The van der Waals surface area contributed by atoms with Gasteiger partial charge >= 0.3 is 0 Å². The third-order valence-electron chi connectivity index (χ3n) is 1.71. The van der Waals surface area contributed by atoms with Crippen LogP contribution in [0.25, 0.3) is 0 Å². The Labute approximate surface area is 78.1 Å². The maximum atomic E-state index is 5.18. The second kappa shape index (κ2) is 4.93. The number of thiocarbonyl (C=S) groups is 1. The first-order valence-corrected chi connectivity index (χ1v) is 4.47. The van der Waals surface area contributed by atoms with Crippen LogP contribution in [0.3, 0.4) is 0 Å². The summed E-state index contributed by atoms with van der Waals surface area (Å²) in [5.74, 6) is 0. The second-order valence-corrected chi connectivity index (χ2v) is 3.08. The van der Waals surface area contributed by atoms with Gasteiger partial charge in [-0.15, -0.1) is 0 Å². The quantitative estimate of drug-likeness (QED) is 0.679. The number of ether oxygens (including phenoxy) is 1. The molecule has 0 radical (unpaired) electrons. The molecule has 0 aromatic heterocycles. The highest BCUT2D eigenvalue weighted by atomic mass is 32.1. The summed E-state index contributed by atoms with van der Waals surface area (Å²) in [6.45, 7) is 0.589. The molecular formula is C9H13NOS. The molecule has 1 rings (SSSR count). The molecule has 0 aromatic carbocycles. The van der Waals surface area contributed by atoms with Crippen molar-refractivity contribution >= 4 is 17.4 Å². The molecule has 0 fully saturated rings. The lowest BCUT2D eigenvalue weighted by Crippen LogP contribution is -2.13. The molecule has 1 aliphatic rings. The van der Waals surface area contributed by atoms with Crippen molar-refractivity contribution in [2.45, 2.75) is 19.3 Å². The monoisotopic (exact) mass is 183 g/mol. The average molecular weight is 183 g/mol. The van der Waals surface area contributed by atoms with Crippen LogP contribution in [-0.4, -0.2) is 11.8 Å². The van der Waals surface area contributed by atoms with E-state index in [9.17, 15) is 0 Å². The summed E-state index contributed by atoms with van der Waals surface area (Å²) in [5.41, 5.74) is 6.50. The molecule has 0 heterocycles. The first kappa shape index (κ1) is 9.26. The molecule has 0 unspecified atom stereocenters. The third-order valence-corrected chi connectivity index (χ3v) is 1.82. The maximum Gasteiger partial charge on any atom is 0.253 e. The van der Waals surface area contributed by atoms with Crippen molar-refractivity contribution in [3.63, 3.8) is 0 Å². The molecule has 66 valence electrons. The van der Waals surface area contributed by atoms with E-state index < -0.39 is 0 Å². The van der Waals surface area contributed by atoms with Gasteiger partial charge < -0.3 is 10.5 Å². The number of hydrogen-bond acceptors (Lipinski definition) is 2. The Morgan fingerprint density at radius 3 is 3.00 bits per heavy atom. The SMILES string of the molecule is NC(=S)OCCC1=CCCC=C1. The Morgan fingerprint density at radius 1 is 1.58 bits per heavy atom. The lowest BCUT2D eigenvalue weighted by molar-refractivity contribution is 0.313. The van der Waals surface area contributed by atoms with Gasteiger partial charge in [0.1, 0.15) is 0 Å². The minimum absolute atomic E-state index is 0.135. The number of allylic oxidation sites excluding steroid dienone is 3. The highest BCUT2D eigenvalue weighted by Crippen LogP contribution is 2.12. The van der Waals surface area contributed by atoms with Crippen molar-refractivity contribution < 1.29 is 4.74 Å². The molecule has 0 aliphatic heterocycles. The fourth-order valence-corrected chi connectivity index (χ4v) is 1.21. The van der Waals surface area contributed by atoms with Gasteiger partial charge in [0, 0.05) is 6.42 Å². The van der Waals surface area contributed by atoms with E-state index in [4.69, 9.17) is 10.5 Å². The van der Waals surface area contributed by atoms with E-state index in [1.165, 1.54) is 5.57 Å². The summed E-state index contributed by atoms with van der Waals surface area (Å²) in [7, 11) is 0. The standard InChI is InChI=1S/C9H13NOS/c10-9(12)11-7-6-8-4-2-1-3-5-8/h2,4-5H,1,3,6-7H2,(H2,10,12). The number of rotatable bonds is 3. The van der Waals surface area contributed by atoms with Crippen LogP contribution in [0.1, 0.15) is 19.3 Å². The van der Waals surface area contributed by atoms with Crippen molar-refractivity contribution in [3.8, 4) is 0 Å². The average Bonchev–Trinajstić information content (AvgIpc) is 2.05. The Kier molecular flexibility index (Phi) is 3.80. The predicted octanol–water partition coefficient (Wildman–Crippen LogP) is 1.91. The summed E-state index contributed by atoms with van der Waals surface area (Å²) >= 11 is 4.58. The Bertz CT molecular complexity index is 221. The molecule has 12 heavy (non-hydrogen) atoms. The van der Waals surface area contributed by atoms with Crippen LogP contribution >= 0.6 is 12.2 Å². The fourth-order valence-electron chi connectivity index (χ4n) is 1.12. The first-order chi connectivity index (χ1) is 5.79. The Balaban J connectivity index is 2.18. The summed E-state index contributed by atoms with van der Waals surface area (Å²) < 4.78 is 4.98. The minimum atomic E-state index is 0.135. The van der Waals surface area contributed by atoms with Crippen LogP contribution < -0.4 is 5.73 Å². The number of hydrogen-bond donors (Lipinski definition) is 1. The van der Waals surface area contributed by atoms with E-state index >= 15 is 0 Å². The van der Waals surface area contributed by atoms with Crippen LogP contribution in [0.5, 0.6) is 0 Å². The molecule has 0 atom stereocenters. The molecule has 0 aromatic rings. The molecule has 3 heteroatoms. The van der Waals surface area contributed by atoms with Gasteiger partial charge in [0.2, 0.25) is 0 Å². The van der Waals surface area contributed by atoms with Crippen molar-refractivity contribution in [2.24, 2.45) is 5.73 Å². The zero-order chi connectivity index (χ0) is 8.81. The van der Waals surface area contributed by atoms with E-state index in [0.29, 0.717) is 6.61 Å². The zero-order valence-electron chi connectivity index (χ0n) is 6.95. The lowest BCUT2D eigenvalue weighted by atomic mass is 10.1. The van der Waals surface area contributed by atoms with Gasteiger partial charge in [-0.25, -0.2) is 0 Å². The predicted molar refractivity (Wildman–Crippen MR) is 53.8 cm³/mol. The van der Waals surface area contributed by atoms with Crippen molar-refractivity contribution in [1.82, 2.24) is 0 Å². The molecular weight excluding hydrogens is 170 g/mol. The van der Waals surface area contributed by atoms with Crippen molar-refractivity contribution in [3.05, 3.63) is 23.8 Å². The molecule has 2 N–H and O–H groups in total. The van der Waals surface area contributed by atoms with E-state index in [1.54, 1.807) is 0 Å². The van der Waals surface area contributed by atoms with Gasteiger partial charge in [0.15, 0.2) is 0 Å². The van der Waals surface area contributed by atoms with Gasteiger partial charge in [-0.3, -0.25) is 0 Å². The molecule has 0 bridgehead atoms. The van der Waals surface area contributed by atoms with E-state index in [2.05, 4.69) is 30.4 Å². The van der Waals surface area contributed by atoms with Gasteiger partial charge in [0.25, 0.3) is 5.17 Å². The summed E-state index contributed by atoms with van der Waals surface area (Å²) in [4.78, 5) is 0. The van der Waals surface area contributed by atoms with Crippen LogP contribution in [-0.2, 0) is 4.74 Å². The summed E-state index contributed by atoms with van der Waals surface area (Å²) in [6.07, 6.45) is 9.72. The molecule has 0 spiro atoms. The second-order valence-electron chi connectivity index (χ2n) is 2.68. The van der Waals surface area contributed by atoms with Crippen molar-refractivity contribution in [1.29, 1.82) is 0 Å². The fraction of sp³-hybridized carbons (Fsp3) is 0.444. The van der Waals surface area contributed by atoms with E-state index in [-0.39, 0.29) is 5.17 Å². The Hall–Kier alpha value is -0.830. The van der Waals surface area contributed by atoms with E-state index in [1.807, 2.05) is 0 Å². The molecule has 2 nitrogen and oxygen atoms in total. The highest BCUT2D eigenvalue weighted by Gasteiger charge is 1.97. The van der Waals surface area contributed by atoms with Crippen LogP contribution in [0.2, 0.25) is 0 Å². The Morgan fingerprint density at radius 2 is 2.42 bits per heavy atom. The highest BCUT2D eigenvalue weighted by molar-refractivity contribution is 7.80. The van der Waals surface area contributed by atoms with Gasteiger partial charge in [-0.1, -0.05) is 18.2 Å². The van der Waals surface area contributed by atoms with Gasteiger partial charge in [-0.05, 0) is 30.6 Å². The van der Waals surface area contributed by atoms with Crippen LogP contribution in [0, 0.1) is 0 Å². The van der Waals surface area contributed by atoms with Crippen LogP contribution in [0.15, 0.2) is 23.8 Å². The zero-order valence-corrected chi connectivity index (χ0v) is 7.77. The topological polar surface area (TPSA) is 35.2 Å². The normalized spacial score (nSPS) is 15.5. The lowest BCUT2D eigenvalue weighted by Gasteiger charge is -2.06. The number of nitrogens with two attached hydrogens (primary N) is 1. The van der Waals surface area contributed by atoms with Crippen molar-refractivity contribution in [2.75, 3.05) is 6.61 Å². The smallest absolute Gasteiger partial charge is 0.253 e. The van der Waals surface area contributed by atoms with Gasteiger partial charge in [0.05, 0.1) is 6.61 Å². The van der Waals surface area contributed by atoms with E-state index in [0.717, 1.165) is 19.3 Å². The van der Waals surface area contributed by atoms with Gasteiger partial charge in [-0.2, -0.15) is 0 Å². The largest absolute Gasteiger partial charge is 0.471 e. The molecule has 0 saturated heterocycles. The maximum absolute atomic E-state index is 5.18. The third kappa shape index (κ3) is 3.53. The first-order valence-electron chi connectivity index (χ1n) is 4.07. The minimum Gasteiger partial charge on any atom is -0.471 e.